The van der Waals surface area contributed by atoms with Gasteiger partial charge in [-0.15, -0.1) is 0 Å². The fraction of sp³-hybridized carbons (Fsp3) is 0.462. The molecule has 0 aromatic heterocycles. The molecule has 0 aliphatic carbocycles. The van der Waals surface area contributed by atoms with Gasteiger partial charge in [0.2, 0.25) is 0 Å². The molecule has 1 aromatic carbocycles. The average molecular weight is 252 g/mol. The maximum absolute atomic E-state index is 9.12. The second-order valence-electron chi connectivity index (χ2n) is 4.97. The van der Waals surface area contributed by atoms with Gasteiger partial charge in [-0.25, -0.2) is 0 Å². The monoisotopic (exact) mass is 251 g/mol. The van der Waals surface area contributed by atoms with E-state index in [1.807, 2.05) is 24.1 Å². The molecule has 3 nitrogen and oxygen atoms in total. The molecular formula is C13H18ClN3. The van der Waals surface area contributed by atoms with Crippen molar-refractivity contribution >= 4 is 17.3 Å². The number of nitrogens with zero attached hydrogens (tertiary/aromatic N) is 2. The van der Waals surface area contributed by atoms with Crippen LogP contribution >= 0.6 is 11.6 Å². The minimum Gasteiger partial charge on any atom is -0.373 e. The van der Waals surface area contributed by atoms with Gasteiger partial charge in [0.05, 0.1) is 16.3 Å². The molecule has 17 heavy (non-hydrogen) atoms. The number of hydrogen-bond acceptors (Lipinski definition) is 3. The molecule has 1 rings (SSSR count). The summed E-state index contributed by atoms with van der Waals surface area (Å²) in [4.78, 5) is 2.03. The van der Waals surface area contributed by atoms with Crippen LogP contribution in [0.25, 0.3) is 0 Å². The van der Waals surface area contributed by atoms with Crippen LogP contribution in [0, 0.1) is 16.7 Å². The van der Waals surface area contributed by atoms with Gasteiger partial charge >= 0.3 is 0 Å². The number of nitriles is 1. The quantitative estimate of drug-likeness (QED) is 0.895. The second-order valence-corrected chi connectivity index (χ2v) is 5.38. The summed E-state index contributed by atoms with van der Waals surface area (Å²) in [6.45, 7) is 5.57. The van der Waals surface area contributed by atoms with Crippen LogP contribution in [0.4, 0.5) is 5.69 Å². The lowest BCUT2D eigenvalue weighted by Gasteiger charge is -2.31. The van der Waals surface area contributed by atoms with Crippen molar-refractivity contribution in [2.45, 2.75) is 13.8 Å². The lowest BCUT2D eigenvalue weighted by atomic mass is 9.93. The Kier molecular flexibility index (Phi) is 4.39. The van der Waals surface area contributed by atoms with E-state index in [1.165, 1.54) is 0 Å². The molecule has 0 unspecified atom stereocenters. The summed E-state index contributed by atoms with van der Waals surface area (Å²) < 4.78 is 0. The van der Waals surface area contributed by atoms with Crippen molar-refractivity contribution in [2.75, 3.05) is 25.0 Å². The fourth-order valence-corrected chi connectivity index (χ4v) is 1.95. The zero-order chi connectivity index (χ0) is 13.1. The molecule has 0 saturated carbocycles. The van der Waals surface area contributed by atoms with Crippen molar-refractivity contribution in [1.29, 1.82) is 5.26 Å². The first-order chi connectivity index (χ1) is 7.91. The van der Waals surface area contributed by atoms with E-state index in [1.54, 1.807) is 6.07 Å². The highest BCUT2D eigenvalue weighted by atomic mass is 35.5. The molecule has 0 spiro atoms. The molecule has 0 bridgehead atoms. The van der Waals surface area contributed by atoms with E-state index in [0.717, 1.165) is 12.2 Å². The predicted molar refractivity (Wildman–Crippen MR) is 72.3 cm³/mol. The van der Waals surface area contributed by atoms with Gasteiger partial charge in [0.15, 0.2) is 0 Å². The van der Waals surface area contributed by atoms with Crippen molar-refractivity contribution in [2.24, 2.45) is 11.1 Å². The second kappa shape index (κ2) is 5.39. The van der Waals surface area contributed by atoms with E-state index in [-0.39, 0.29) is 5.41 Å². The van der Waals surface area contributed by atoms with Gasteiger partial charge in [0.1, 0.15) is 6.07 Å². The van der Waals surface area contributed by atoms with Gasteiger partial charge in [-0.2, -0.15) is 5.26 Å². The number of rotatable bonds is 4. The third kappa shape index (κ3) is 3.36. The number of anilines is 1. The summed E-state index contributed by atoms with van der Waals surface area (Å²) in [5.41, 5.74) is 7.09. The van der Waals surface area contributed by atoms with Crippen molar-refractivity contribution in [3.63, 3.8) is 0 Å². The van der Waals surface area contributed by atoms with Crippen molar-refractivity contribution in [3.8, 4) is 6.07 Å². The molecule has 0 heterocycles. The summed E-state index contributed by atoms with van der Waals surface area (Å²) in [6, 6.07) is 7.62. The smallest absolute Gasteiger partial charge is 0.103 e. The standard InChI is InChI=1S/C13H18ClN3/c1-13(2,8-16)9-17(3)12-6-4-5-11(14)10(12)7-15/h4-6H,8-9,16H2,1-3H3. The Morgan fingerprint density at radius 3 is 2.65 bits per heavy atom. The molecule has 0 atom stereocenters. The van der Waals surface area contributed by atoms with Crippen molar-refractivity contribution in [1.82, 2.24) is 0 Å². The Morgan fingerprint density at radius 1 is 1.47 bits per heavy atom. The largest absolute Gasteiger partial charge is 0.373 e. The minimum absolute atomic E-state index is 0.00376. The first-order valence-corrected chi connectivity index (χ1v) is 5.89. The normalized spacial score (nSPS) is 11.1. The molecule has 1 aromatic rings. The Bertz CT molecular complexity index is 435. The highest BCUT2D eigenvalue weighted by Crippen LogP contribution is 2.28. The van der Waals surface area contributed by atoms with Gasteiger partial charge in [-0.1, -0.05) is 31.5 Å². The molecule has 2 N–H and O–H groups in total. The average Bonchev–Trinajstić information content (AvgIpc) is 2.28. The van der Waals surface area contributed by atoms with Crippen LogP contribution in [-0.4, -0.2) is 20.1 Å². The zero-order valence-electron chi connectivity index (χ0n) is 10.5. The van der Waals surface area contributed by atoms with Crippen molar-refractivity contribution in [3.05, 3.63) is 28.8 Å². The number of hydrogen-bond donors (Lipinski definition) is 1. The van der Waals surface area contributed by atoms with Crippen LogP contribution in [0.3, 0.4) is 0 Å². The van der Waals surface area contributed by atoms with Crippen LogP contribution < -0.4 is 10.6 Å². The van der Waals surface area contributed by atoms with Crippen LogP contribution in [-0.2, 0) is 0 Å². The Labute approximate surface area is 108 Å². The lowest BCUT2D eigenvalue weighted by Crippen LogP contribution is -2.37. The molecule has 0 aliphatic rings. The van der Waals surface area contributed by atoms with Gasteiger partial charge in [0, 0.05) is 13.6 Å². The van der Waals surface area contributed by atoms with E-state index < -0.39 is 0 Å². The number of nitrogens with two attached hydrogens (primary N) is 1. The van der Waals surface area contributed by atoms with E-state index in [4.69, 9.17) is 22.6 Å². The molecule has 0 amide bonds. The van der Waals surface area contributed by atoms with Crippen LogP contribution in [0.15, 0.2) is 18.2 Å². The van der Waals surface area contributed by atoms with Gasteiger partial charge in [-0.05, 0) is 24.1 Å². The molecule has 0 radical (unpaired) electrons. The van der Waals surface area contributed by atoms with Crippen LogP contribution in [0.1, 0.15) is 19.4 Å². The lowest BCUT2D eigenvalue weighted by molar-refractivity contribution is 0.385. The summed E-state index contributed by atoms with van der Waals surface area (Å²) in [5, 5.41) is 9.61. The summed E-state index contributed by atoms with van der Waals surface area (Å²) in [6.07, 6.45) is 0. The first-order valence-electron chi connectivity index (χ1n) is 5.51. The molecule has 0 aliphatic heterocycles. The van der Waals surface area contributed by atoms with E-state index in [2.05, 4.69) is 19.9 Å². The van der Waals surface area contributed by atoms with Gasteiger partial charge < -0.3 is 10.6 Å². The number of benzene rings is 1. The van der Waals surface area contributed by atoms with Crippen molar-refractivity contribution < 1.29 is 0 Å². The topological polar surface area (TPSA) is 53.0 Å². The summed E-state index contributed by atoms with van der Waals surface area (Å²) in [5.74, 6) is 0. The van der Waals surface area contributed by atoms with Gasteiger partial charge in [-0.3, -0.25) is 0 Å². The molecule has 0 fully saturated rings. The third-order valence-corrected chi connectivity index (χ3v) is 3.05. The zero-order valence-corrected chi connectivity index (χ0v) is 11.3. The number of halogens is 1. The van der Waals surface area contributed by atoms with E-state index in [9.17, 15) is 0 Å². The fourth-order valence-electron chi connectivity index (χ4n) is 1.73. The highest BCUT2D eigenvalue weighted by Gasteiger charge is 2.20. The maximum atomic E-state index is 9.12. The molecular weight excluding hydrogens is 234 g/mol. The summed E-state index contributed by atoms with van der Waals surface area (Å²) in [7, 11) is 1.95. The van der Waals surface area contributed by atoms with Crippen LogP contribution in [0.5, 0.6) is 0 Å². The molecule has 0 saturated heterocycles. The Morgan fingerprint density at radius 2 is 2.12 bits per heavy atom. The van der Waals surface area contributed by atoms with Gasteiger partial charge in [0.25, 0.3) is 0 Å². The first kappa shape index (κ1) is 13.8. The Hall–Kier alpha value is -1.24. The summed E-state index contributed by atoms with van der Waals surface area (Å²) >= 11 is 6.00. The highest BCUT2D eigenvalue weighted by molar-refractivity contribution is 6.32. The Balaban J connectivity index is 3.02. The minimum atomic E-state index is 0.00376. The SMILES string of the molecule is CN(CC(C)(C)CN)c1cccc(Cl)c1C#N. The third-order valence-electron chi connectivity index (χ3n) is 2.73. The molecule has 92 valence electrons. The van der Waals surface area contributed by atoms with E-state index >= 15 is 0 Å². The predicted octanol–water partition coefficient (Wildman–Crippen LogP) is 2.63. The van der Waals surface area contributed by atoms with Crippen LogP contribution in [0.2, 0.25) is 5.02 Å². The maximum Gasteiger partial charge on any atom is 0.103 e. The molecule has 4 heteroatoms. The van der Waals surface area contributed by atoms with E-state index in [0.29, 0.717) is 17.1 Å².